The number of benzene rings is 1. The van der Waals surface area contributed by atoms with E-state index in [-0.39, 0.29) is 18.1 Å². The molecule has 5 nitrogen and oxygen atoms in total. The molecule has 0 spiro atoms. The van der Waals surface area contributed by atoms with Crippen LogP contribution in [0.3, 0.4) is 0 Å². The molecule has 17 heavy (non-hydrogen) atoms. The van der Waals surface area contributed by atoms with Gasteiger partial charge in [-0.15, -0.1) is 11.8 Å². The van der Waals surface area contributed by atoms with Gasteiger partial charge in [0.25, 0.3) is 0 Å². The van der Waals surface area contributed by atoms with Crippen molar-refractivity contribution in [1.29, 1.82) is 0 Å². The molecule has 1 amide bonds. The minimum absolute atomic E-state index is 0.0139. The van der Waals surface area contributed by atoms with Gasteiger partial charge in [-0.3, -0.25) is 4.79 Å². The molecule has 2 unspecified atom stereocenters. The molecular weight excluding hydrogens is 236 g/mol. The molecule has 2 aliphatic rings. The van der Waals surface area contributed by atoms with Gasteiger partial charge in [0.1, 0.15) is 0 Å². The Kier molecular flexibility index (Phi) is 2.79. The number of hydrogen-bond donors (Lipinski definition) is 4. The summed E-state index contributed by atoms with van der Waals surface area (Å²) in [7, 11) is 0. The smallest absolute Gasteiger partial charge is 0.234 e. The number of carbonyl (C=O) groups excluding carboxylic acids is 1. The second-order valence-electron chi connectivity index (χ2n) is 4.28. The van der Waals surface area contributed by atoms with Gasteiger partial charge in [0.2, 0.25) is 5.91 Å². The normalized spacial score (nSPS) is 27.7. The van der Waals surface area contributed by atoms with Gasteiger partial charge in [-0.25, -0.2) is 10.9 Å². The zero-order valence-electron chi connectivity index (χ0n) is 9.19. The number of thioether (sulfide) groups is 1. The van der Waals surface area contributed by atoms with Crippen molar-refractivity contribution in [3.63, 3.8) is 0 Å². The Bertz CT molecular complexity index is 465. The molecule has 1 fully saturated rings. The van der Waals surface area contributed by atoms with E-state index in [9.17, 15) is 4.79 Å². The van der Waals surface area contributed by atoms with E-state index in [4.69, 9.17) is 5.73 Å². The van der Waals surface area contributed by atoms with E-state index in [1.165, 1.54) is 0 Å². The van der Waals surface area contributed by atoms with Crippen LogP contribution in [0.5, 0.6) is 0 Å². The van der Waals surface area contributed by atoms with Gasteiger partial charge in [0.15, 0.2) is 0 Å². The van der Waals surface area contributed by atoms with E-state index in [1.54, 1.807) is 11.8 Å². The number of rotatable bonds is 1. The Morgan fingerprint density at radius 1 is 1.35 bits per heavy atom. The largest absolute Gasteiger partial charge is 0.324 e. The highest BCUT2D eigenvalue weighted by Gasteiger charge is 2.23. The van der Waals surface area contributed by atoms with E-state index < -0.39 is 0 Å². The van der Waals surface area contributed by atoms with Crippen LogP contribution in [0.2, 0.25) is 0 Å². The molecule has 2 aliphatic heterocycles. The number of hydrogen-bond acceptors (Lipinski definition) is 5. The average Bonchev–Trinajstić information content (AvgIpc) is 2.75. The molecule has 0 radical (unpaired) electrons. The van der Waals surface area contributed by atoms with Gasteiger partial charge in [0, 0.05) is 10.9 Å². The van der Waals surface area contributed by atoms with Crippen LogP contribution in [0.25, 0.3) is 0 Å². The molecule has 0 saturated carbocycles. The lowest BCUT2D eigenvalue weighted by Gasteiger charge is -2.18. The van der Waals surface area contributed by atoms with Crippen molar-refractivity contribution in [2.24, 2.45) is 5.73 Å². The number of nitrogens with two attached hydrogens (primary N) is 1. The molecule has 6 heteroatoms. The number of hydrazine groups is 1. The van der Waals surface area contributed by atoms with Gasteiger partial charge in [-0.05, 0) is 24.1 Å². The topological polar surface area (TPSA) is 79.2 Å². The van der Waals surface area contributed by atoms with Crippen molar-refractivity contribution in [1.82, 2.24) is 10.9 Å². The minimum Gasteiger partial charge on any atom is -0.324 e. The van der Waals surface area contributed by atoms with Crippen molar-refractivity contribution in [3.8, 4) is 0 Å². The first-order valence-electron chi connectivity index (χ1n) is 5.55. The fraction of sp³-hybridized carbons (Fsp3) is 0.364. The van der Waals surface area contributed by atoms with Gasteiger partial charge >= 0.3 is 0 Å². The average molecular weight is 250 g/mol. The fourth-order valence-electron chi connectivity index (χ4n) is 2.12. The van der Waals surface area contributed by atoms with Crippen LogP contribution in [-0.2, 0) is 4.79 Å². The molecule has 0 aliphatic carbocycles. The van der Waals surface area contributed by atoms with Crippen LogP contribution < -0.4 is 21.9 Å². The maximum Gasteiger partial charge on any atom is 0.234 e. The van der Waals surface area contributed by atoms with Crippen LogP contribution in [0, 0.1) is 0 Å². The first-order chi connectivity index (χ1) is 8.22. The first-order valence-corrected chi connectivity index (χ1v) is 6.54. The summed E-state index contributed by atoms with van der Waals surface area (Å²) in [4.78, 5) is 12.5. The summed E-state index contributed by atoms with van der Waals surface area (Å²) in [5.41, 5.74) is 14.0. The predicted molar refractivity (Wildman–Crippen MR) is 67.4 cm³/mol. The van der Waals surface area contributed by atoms with Gasteiger partial charge in [0.05, 0.1) is 17.6 Å². The third kappa shape index (κ3) is 2.16. The number of carbonyl (C=O) groups is 1. The van der Waals surface area contributed by atoms with Gasteiger partial charge < -0.3 is 11.1 Å². The van der Waals surface area contributed by atoms with Crippen molar-refractivity contribution in [2.75, 3.05) is 11.1 Å². The van der Waals surface area contributed by atoms with Crippen molar-refractivity contribution >= 4 is 23.4 Å². The number of anilines is 1. The highest BCUT2D eigenvalue weighted by Crippen LogP contribution is 2.34. The molecule has 3 rings (SSSR count). The summed E-state index contributed by atoms with van der Waals surface area (Å²) in [6.07, 6.45) is 0.833. The second kappa shape index (κ2) is 4.30. The lowest BCUT2D eigenvalue weighted by atomic mass is 10.0. The summed E-state index contributed by atoms with van der Waals surface area (Å²) in [6.45, 7) is 0. The van der Waals surface area contributed by atoms with E-state index in [1.807, 2.05) is 6.07 Å². The van der Waals surface area contributed by atoms with Crippen LogP contribution in [0.15, 0.2) is 23.1 Å². The number of fused-ring (bicyclic) bond motifs is 1. The van der Waals surface area contributed by atoms with Crippen LogP contribution >= 0.6 is 11.8 Å². The van der Waals surface area contributed by atoms with Crippen LogP contribution in [0.1, 0.15) is 18.0 Å². The Labute approximate surface area is 103 Å². The lowest BCUT2D eigenvalue weighted by molar-refractivity contribution is -0.113. The summed E-state index contributed by atoms with van der Waals surface area (Å²) < 4.78 is 0. The quantitative estimate of drug-likeness (QED) is 0.585. The fourth-order valence-corrected chi connectivity index (χ4v) is 2.90. The Balaban J connectivity index is 1.87. The molecule has 90 valence electrons. The van der Waals surface area contributed by atoms with Crippen molar-refractivity contribution in [3.05, 3.63) is 23.8 Å². The predicted octanol–water partition coefficient (Wildman–Crippen LogP) is 0.555. The van der Waals surface area contributed by atoms with Crippen LogP contribution in [-0.4, -0.2) is 17.8 Å². The summed E-state index contributed by atoms with van der Waals surface area (Å²) in [6, 6.07) is 6.37. The zero-order chi connectivity index (χ0) is 11.8. The molecule has 1 aromatic rings. The molecule has 2 atom stereocenters. The maximum absolute atomic E-state index is 11.3. The van der Waals surface area contributed by atoms with Crippen molar-refractivity contribution in [2.45, 2.75) is 23.5 Å². The monoisotopic (exact) mass is 250 g/mol. The Morgan fingerprint density at radius 3 is 3.00 bits per heavy atom. The summed E-state index contributed by atoms with van der Waals surface area (Å²) in [5, 5.41) is 2.90. The third-order valence-electron chi connectivity index (χ3n) is 2.97. The van der Waals surface area contributed by atoms with Crippen molar-refractivity contribution < 1.29 is 4.79 Å². The lowest BCUT2D eigenvalue weighted by Crippen LogP contribution is -2.36. The van der Waals surface area contributed by atoms with Gasteiger partial charge in [-0.2, -0.15) is 0 Å². The molecule has 0 aromatic heterocycles. The number of nitrogens with one attached hydrogen (secondary N) is 3. The molecule has 2 heterocycles. The Morgan fingerprint density at radius 2 is 2.24 bits per heavy atom. The molecule has 5 N–H and O–H groups in total. The van der Waals surface area contributed by atoms with E-state index in [0.29, 0.717) is 5.75 Å². The maximum atomic E-state index is 11.3. The minimum atomic E-state index is -0.0139. The summed E-state index contributed by atoms with van der Waals surface area (Å²) >= 11 is 1.58. The van der Waals surface area contributed by atoms with E-state index >= 15 is 0 Å². The van der Waals surface area contributed by atoms with E-state index in [2.05, 4.69) is 28.3 Å². The molecule has 0 bridgehead atoms. The second-order valence-corrected chi connectivity index (χ2v) is 5.29. The highest BCUT2D eigenvalue weighted by atomic mass is 32.2. The zero-order valence-corrected chi connectivity index (χ0v) is 10.0. The third-order valence-corrected chi connectivity index (χ3v) is 4.04. The van der Waals surface area contributed by atoms with Crippen LogP contribution in [0.4, 0.5) is 5.69 Å². The first kappa shape index (κ1) is 11.0. The SMILES string of the molecule is NC1CC(c2ccc3c(c2)NC(=O)CS3)NN1. The number of amides is 1. The standard InChI is InChI=1S/C11H14N4OS/c12-10-4-7(14-15-10)6-1-2-9-8(3-6)13-11(16)5-17-9/h1-3,7,10,14-15H,4-5,12H2,(H,13,16). The van der Waals surface area contributed by atoms with Gasteiger partial charge in [-0.1, -0.05) is 6.07 Å². The molecule has 1 aromatic carbocycles. The molecule has 1 saturated heterocycles. The Hall–Kier alpha value is -1.08. The summed E-state index contributed by atoms with van der Waals surface area (Å²) in [5.74, 6) is 0.564. The highest BCUT2D eigenvalue weighted by molar-refractivity contribution is 8.00. The molecular formula is C11H14N4OS. The van der Waals surface area contributed by atoms with E-state index in [0.717, 1.165) is 22.6 Å².